The standard InChI is InChI=1S/C39H35N3O6S/c1-23(2)27-14-16-28(17-15-27)35-34(36(43)41-30-11-6-5-7-12-30)24(3)40-39-42(35)37(44)33(49-39)21-25-13-18-31(32(20-25)47-4)48-22-26-9-8-10-29(19-26)38(45)46/h5-21,23,35H,22H2,1-4H3,(H,41,43)(H,45,46)/b33-21-/t35-/m1/s1. The molecule has 49 heavy (non-hydrogen) atoms. The Morgan fingerprint density at radius 3 is 2.43 bits per heavy atom. The fourth-order valence-corrected chi connectivity index (χ4v) is 6.76. The fraction of sp³-hybridized carbons (Fsp3) is 0.179. The molecule has 0 aliphatic carbocycles. The highest BCUT2D eigenvalue weighted by Gasteiger charge is 2.32. The highest BCUT2D eigenvalue weighted by molar-refractivity contribution is 7.07. The van der Waals surface area contributed by atoms with Crippen LogP contribution in [0.5, 0.6) is 11.5 Å². The molecule has 4 aromatic carbocycles. The summed E-state index contributed by atoms with van der Waals surface area (Å²) in [4.78, 5) is 44.6. The second-order valence-corrected chi connectivity index (χ2v) is 12.9. The van der Waals surface area contributed by atoms with Crippen LogP contribution in [0.2, 0.25) is 0 Å². The number of fused-ring (bicyclic) bond motifs is 1. The monoisotopic (exact) mass is 673 g/mol. The molecule has 5 aromatic rings. The van der Waals surface area contributed by atoms with Gasteiger partial charge >= 0.3 is 5.97 Å². The summed E-state index contributed by atoms with van der Waals surface area (Å²) in [5.41, 5.74) is 4.87. The van der Waals surface area contributed by atoms with E-state index < -0.39 is 12.0 Å². The third-order valence-electron chi connectivity index (χ3n) is 8.27. The first-order chi connectivity index (χ1) is 23.6. The van der Waals surface area contributed by atoms with E-state index in [9.17, 15) is 19.5 Å². The molecule has 1 amide bonds. The lowest BCUT2D eigenvalue weighted by atomic mass is 9.93. The number of nitrogens with one attached hydrogen (secondary N) is 1. The Morgan fingerprint density at radius 2 is 1.73 bits per heavy atom. The smallest absolute Gasteiger partial charge is 0.335 e. The van der Waals surface area contributed by atoms with E-state index in [1.807, 2.05) is 60.7 Å². The van der Waals surface area contributed by atoms with Gasteiger partial charge in [0.15, 0.2) is 16.3 Å². The number of aromatic carboxylic acids is 1. The second kappa shape index (κ2) is 14.2. The number of carboxylic acids is 1. The lowest BCUT2D eigenvalue weighted by Crippen LogP contribution is -2.40. The van der Waals surface area contributed by atoms with Gasteiger partial charge < -0.3 is 19.9 Å². The first kappa shape index (κ1) is 33.2. The molecule has 248 valence electrons. The quantitative estimate of drug-likeness (QED) is 0.180. The summed E-state index contributed by atoms with van der Waals surface area (Å²) >= 11 is 1.26. The Hall–Kier alpha value is -5.74. The zero-order valence-corrected chi connectivity index (χ0v) is 28.3. The molecule has 2 N–H and O–H groups in total. The molecular formula is C39H35N3O6S. The minimum atomic E-state index is -1.01. The normalized spacial score (nSPS) is 14.3. The number of thiazole rings is 1. The number of ether oxygens (including phenoxy) is 2. The largest absolute Gasteiger partial charge is 0.493 e. The van der Waals surface area contributed by atoms with Crippen molar-refractivity contribution in [3.8, 4) is 11.5 Å². The Kier molecular flexibility index (Phi) is 9.59. The topological polar surface area (TPSA) is 119 Å². The first-order valence-electron chi connectivity index (χ1n) is 15.7. The molecule has 0 fully saturated rings. The zero-order chi connectivity index (χ0) is 34.7. The summed E-state index contributed by atoms with van der Waals surface area (Å²) in [7, 11) is 1.53. The Bertz CT molecular complexity index is 2250. The van der Waals surface area contributed by atoms with Gasteiger partial charge in [-0.2, -0.15) is 0 Å². The van der Waals surface area contributed by atoms with Crippen LogP contribution in [0.1, 0.15) is 65.3 Å². The number of carbonyl (C=O) groups is 2. The number of methoxy groups -OCH3 is 1. The number of amides is 1. The van der Waals surface area contributed by atoms with Crippen molar-refractivity contribution in [1.29, 1.82) is 0 Å². The van der Waals surface area contributed by atoms with Crippen molar-refractivity contribution in [3.63, 3.8) is 0 Å². The number of allylic oxidation sites excluding steroid dienone is 1. The molecular weight excluding hydrogens is 639 g/mol. The van der Waals surface area contributed by atoms with Crippen LogP contribution in [0.15, 0.2) is 118 Å². The Balaban J connectivity index is 1.37. The Labute approximate surface area is 287 Å². The van der Waals surface area contributed by atoms with Crippen LogP contribution >= 0.6 is 11.3 Å². The average molecular weight is 674 g/mol. The van der Waals surface area contributed by atoms with Gasteiger partial charge in [0, 0.05) is 5.69 Å². The Morgan fingerprint density at radius 1 is 0.980 bits per heavy atom. The van der Waals surface area contributed by atoms with Gasteiger partial charge in [0.05, 0.1) is 34.5 Å². The summed E-state index contributed by atoms with van der Waals surface area (Å²) in [6.07, 6.45) is 1.77. The molecule has 10 heteroatoms. The fourth-order valence-electron chi connectivity index (χ4n) is 5.71. The van der Waals surface area contributed by atoms with Crippen molar-refractivity contribution in [2.24, 2.45) is 4.99 Å². The highest BCUT2D eigenvalue weighted by atomic mass is 32.1. The summed E-state index contributed by atoms with van der Waals surface area (Å²) in [5.74, 6) is -0.0851. The third-order valence-corrected chi connectivity index (χ3v) is 9.25. The molecule has 0 radical (unpaired) electrons. The molecule has 9 nitrogen and oxygen atoms in total. The number of hydrogen-bond acceptors (Lipinski definition) is 7. The maximum Gasteiger partial charge on any atom is 0.335 e. The molecule has 1 aliphatic heterocycles. The number of rotatable bonds is 10. The number of aromatic nitrogens is 1. The number of para-hydroxylation sites is 1. The van der Waals surface area contributed by atoms with Gasteiger partial charge in [-0.3, -0.25) is 14.2 Å². The number of hydrogen-bond donors (Lipinski definition) is 2. The number of benzene rings is 4. The predicted octanol–water partition coefficient (Wildman–Crippen LogP) is 6.28. The van der Waals surface area contributed by atoms with E-state index in [-0.39, 0.29) is 23.6 Å². The summed E-state index contributed by atoms with van der Waals surface area (Å²) in [5, 5.41) is 12.3. The molecule has 1 aliphatic rings. The van der Waals surface area contributed by atoms with Gasteiger partial charge in [0.1, 0.15) is 6.61 Å². The number of anilines is 1. The summed E-state index contributed by atoms with van der Waals surface area (Å²) in [6, 6.07) is 28.4. The molecule has 0 unspecified atom stereocenters. The summed E-state index contributed by atoms with van der Waals surface area (Å²) < 4.78 is 13.6. The molecule has 0 saturated heterocycles. The van der Waals surface area contributed by atoms with Crippen molar-refractivity contribution < 1.29 is 24.2 Å². The van der Waals surface area contributed by atoms with Crippen molar-refractivity contribution in [1.82, 2.24) is 4.57 Å². The highest BCUT2D eigenvalue weighted by Crippen LogP contribution is 2.32. The van der Waals surface area contributed by atoms with Crippen LogP contribution in [0, 0.1) is 0 Å². The zero-order valence-electron chi connectivity index (χ0n) is 27.5. The van der Waals surface area contributed by atoms with Crippen LogP contribution in [0.25, 0.3) is 6.08 Å². The molecule has 0 saturated carbocycles. The van der Waals surface area contributed by atoms with E-state index in [1.165, 1.54) is 24.5 Å². The van der Waals surface area contributed by atoms with Crippen molar-refractivity contribution in [2.45, 2.75) is 39.3 Å². The van der Waals surface area contributed by atoms with E-state index in [0.29, 0.717) is 54.8 Å². The van der Waals surface area contributed by atoms with Gasteiger partial charge in [-0.15, -0.1) is 0 Å². The van der Waals surface area contributed by atoms with Crippen LogP contribution in [-0.4, -0.2) is 28.7 Å². The number of nitrogens with zero attached hydrogens (tertiary/aromatic N) is 2. The average Bonchev–Trinajstić information content (AvgIpc) is 3.40. The molecule has 1 aromatic heterocycles. The lowest BCUT2D eigenvalue weighted by Gasteiger charge is -2.25. The third kappa shape index (κ3) is 7.09. The van der Waals surface area contributed by atoms with Crippen molar-refractivity contribution >= 4 is 35.0 Å². The van der Waals surface area contributed by atoms with E-state index in [1.54, 1.807) is 47.9 Å². The van der Waals surface area contributed by atoms with Gasteiger partial charge in [-0.05, 0) is 77.6 Å². The maximum absolute atomic E-state index is 14.2. The van der Waals surface area contributed by atoms with Crippen LogP contribution < -0.4 is 29.7 Å². The molecule has 0 bridgehead atoms. The molecule has 0 spiro atoms. The van der Waals surface area contributed by atoms with Gasteiger partial charge in [-0.25, -0.2) is 9.79 Å². The second-order valence-electron chi connectivity index (χ2n) is 11.9. The lowest BCUT2D eigenvalue weighted by molar-refractivity contribution is -0.113. The molecule has 1 atom stereocenters. The predicted molar refractivity (Wildman–Crippen MR) is 190 cm³/mol. The van der Waals surface area contributed by atoms with E-state index in [4.69, 9.17) is 14.5 Å². The van der Waals surface area contributed by atoms with Crippen LogP contribution in [-0.2, 0) is 11.4 Å². The van der Waals surface area contributed by atoms with Gasteiger partial charge in [0.25, 0.3) is 11.5 Å². The van der Waals surface area contributed by atoms with E-state index in [2.05, 4.69) is 19.2 Å². The molecule has 2 heterocycles. The van der Waals surface area contributed by atoms with Crippen molar-refractivity contribution in [2.75, 3.05) is 12.4 Å². The van der Waals surface area contributed by atoms with Crippen LogP contribution in [0.3, 0.4) is 0 Å². The first-order valence-corrected chi connectivity index (χ1v) is 16.6. The van der Waals surface area contributed by atoms with Crippen LogP contribution in [0.4, 0.5) is 5.69 Å². The molecule has 6 rings (SSSR count). The summed E-state index contributed by atoms with van der Waals surface area (Å²) in [6.45, 7) is 6.18. The SMILES string of the molecule is COc1cc(/C=c2\sc3n(c2=O)[C@H](c2ccc(C(C)C)cc2)C(C(=O)Nc2ccccc2)=C(C)N=3)ccc1OCc1cccc(C(=O)O)c1. The van der Waals surface area contributed by atoms with Crippen molar-refractivity contribution in [3.05, 3.63) is 156 Å². The van der Waals surface area contributed by atoms with E-state index in [0.717, 1.165) is 11.1 Å². The number of carbonyl (C=O) groups excluding carboxylic acids is 1. The van der Waals surface area contributed by atoms with Gasteiger partial charge in [-0.1, -0.05) is 85.8 Å². The minimum absolute atomic E-state index is 0.146. The van der Waals surface area contributed by atoms with E-state index >= 15 is 0 Å². The van der Waals surface area contributed by atoms with Gasteiger partial charge in [0.2, 0.25) is 0 Å². The number of carboxylic acid groups (broad SMARTS) is 1. The minimum Gasteiger partial charge on any atom is -0.493 e. The maximum atomic E-state index is 14.2.